The van der Waals surface area contributed by atoms with E-state index in [0.717, 1.165) is 12.1 Å². The van der Waals surface area contributed by atoms with E-state index in [1.807, 2.05) is 6.07 Å². The molecule has 2 aromatic carbocycles. The van der Waals surface area contributed by atoms with E-state index in [1.165, 1.54) is 33.4 Å². The van der Waals surface area contributed by atoms with Gasteiger partial charge in [-0.3, -0.25) is 4.79 Å². The van der Waals surface area contributed by atoms with Gasteiger partial charge >= 0.3 is 0 Å². The van der Waals surface area contributed by atoms with Crippen LogP contribution in [0.5, 0.6) is 0 Å². The van der Waals surface area contributed by atoms with Gasteiger partial charge in [0.1, 0.15) is 6.29 Å². The lowest BCUT2D eigenvalue weighted by atomic mass is 10.1. The highest BCUT2D eigenvalue weighted by atomic mass is 35.5. The van der Waals surface area contributed by atoms with Gasteiger partial charge < -0.3 is 4.57 Å². The van der Waals surface area contributed by atoms with E-state index in [1.54, 1.807) is 0 Å². The number of aromatic nitrogens is 1. The number of carbonyl (C=O) groups excluding carboxylic acids is 1. The highest BCUT2D eigenvalue weighted by Crippen LogP contribution is 2.32. The van der Waals surface area contributed by atoms with Crippen molar-refractivity contribution in [1.82, 2.24) is 4.57 Å². The highest BCUT2D eigenvalue weighted by Gasteiger charge is 2.11. The molecule has 3 heteroatoms. The Morgan fingerprint density at radius 3 is 2.48 bits per heavy atom. The summed E-state index contributed by atoms with van der Waals surface area (Å²) in [6, 6.07) is 12.6. The van der Waals surface area contributed by atoms with Crippen LogP contribution >= 0.6 is 11.6 Å². The van der Waals surface area contributed by atoms with Crippen molar-refractivity contribution in [3.63, 3.8) is 0 Å². The Hall–Kier alpha value is -2.06. The monoisotopic (exact) mass is 297 g/mol. The second kappa shape index (κ2) is 5.38. The molecule has 0 aliphatic heterocycles. The van der Waals surface area contributed by atoms with Gasteiger partial charge in [0, 0.05) is 28.4 Å². The number of nitrogens with zero attached hydrogens (tertiary/aromatic N) is 1. The van der Waals surface area contributed by atoms with E-state index in [-0.39, 0.29) is 0 Å². The third kappa shape index (κ3) is 2.26. The van der Waals surface area contributed by atoms with Crippen LogP contribution in [-0.4, -0.2) is 10.9 Å². The van der Waals surface area contributed by atoms with Crippen molar-refractivity contribution in [2.75, 3.05) is 0 Å². The van der Waals surface area contributed by atoms with Crippen LogP contribution in [0, 0.1) is 6.92 Å². The summed E-state index contributed by atoms with van der Waals surface area (Å²) in [7, 11) is 0. The van der Waals surface area contributed by atoms with Crippen LogP contribution in [0.4, 0.5) is 0 Å². The minimum absolute atomic E-state index is 0.469. The molecule has 0 fully saturated rings. The summed E-state index contributed by atoms with van der Waals surface area (Å²) < 4.78 is 2.30. The number of benzene rings is 2. The molecule has 0 unspecified atom stereocenters. The molecule has 3 rings (SSSR count). The Morgan fingerprint density at radius 2 is 1.81 bits per heavy atom. The molecule has 0 atom stereocenters. The molecule has 0 saturated heterocycles. The summed E-state index contributed by atoms with van der Waals surface area (Å²) in [5.74, 6) is 0. The summed E-state index contributed by atoms with van der Waals surface area (Å²) in [6.45, 7) is 5.16. The molecule has 1 heterocycles. The van der Waals surface area contributed by atoms with Crippen LogP contribution < -0.4 is 0 Å². The van der Waals surface area contributed by atoms with Crippen LogP contribution in [0.25, 0.3) is 26.8 Å². The molecule has 0 amide bonds. The van der Waals surface area contributed by atoms with Gasteiger partial charge in [-0.05, 0) is 49.8 Å². The van der Waals surface area contributed by atoms with Crippen molar-refractivity contribution in [2.45, 2.75) is 20.4 Å². The first-order chi connectivity index (χ1) is 10.2. The standard InChI is InChI=1S/C18H16ClNO/c1-3-20-17-6-4-12(2)10-14(17)15-11-13(5-7-18(15)20)16(19)8-9-21/h4-11H,3H2,1-2H3. The van der Waals surface area contributed by atoms with Crippen LogP contribution in [0.1, 0.15) is 18.1 Å². The predicted molar refractivity (Wildman–Crippen MR) is 89.7 cm³/mol. The third-order valence-electron chi connectivity index (χ3n) is 3.83. The lowest BCUT2D eigenvalue weighted by Crippen LogP contribution is -1.92. The normalized spacial score (nSPS) is 12.2. The molecule has 0 spiro atoms. The Kier molecular flexibility index (Phi) is 3.56. The largest absolute Gasteiger partial charge is 0.341 e. The van der Waals surface area contributed by atoms with Gasteiger partial charge in [-0.15, -0.1) is 0 Å². The predicted octanol–water partition coefficient (Wildman–Crippen LogP) is 4.90. The smallest absolute Gasteiger partial charge is 0.144 e. The maximum absolute atomic E-state index is 10.6. The number of hydrogen-bond donors (Lipinski definition) is 0. The molecule has 21 heavy (non-hydrogen) atoms. The molecule has 1 aromatic heterocycles. The van der Waals surface area contributed by atoms with Gasteiger partial charge in [0.15, 0.2) is 0 Å². The quantitative estimate of drug-likeness (QED) is 0.498. The average Bonchev–Trinajstić information content (AvgIpc) is 2.79. The van der Waals surface area contributed by atoms with E-state index in [0.29, 0.717) is 11.3 Å². The Morgan fingerprint density at radius 1 is 1.14 bits per heavy atom. The highest BCUT2D eigenvalue weighted by molar-refractivity contribution is 6.49. The summed E-state index contributed by atoms with van der Waals surface area (Å²) >= 11 is 6.15. The number of fused-ring (bicyclic) bond motifs is 3. The Labute approximate surface area is 128 Å². The Bertz CT molecular complexity index is 874. The van der Waals surface area contributed by atoms with Gasteiger partial charge in [0.25, 0.3) is 0 Å². The minimum atomic E-state index is 0.469. The summed E-state index contributed by atoms with van der Waals surface area (Å²) in [4.78, 5) is 10.6. The maximum atomic E-state index is 10.6. The number of carbonyl (C=O) groups is 1. The maximum Gasteiger partial charge on any atom is 0.144 e. The second-order valence-corrected chi connectivity index (χ2v) is 5.55. The van der Waals surface area contributed by atoms with E-state index in [9.17, 15) is 4.79 Å². The first-order valence-corrected chi connectivity index (χ1v) is 7.37. The first kappa shape index (κ1) is 13.9. The lowest BCUT2D eigenvalue weighted by Gasteiger charge is -2.03. The topological polar surface area (TPSA) is 22.0 Å². The van der Waals surface area contributed by atoms with Crippen molar-refractivity contribution in [3.05, 3.63) is 53.6 Å². The summed E-state index contributed by atoms with van der Waals surface area (Å²) in [6.07, 6.45) is 2.10. The van der Waals surface area contributed by atoms with Gasteiger partial charge in [0.05, 0.1) is 5.03 Å². The van der Waals surface area contributed by atoms with E-state index >= 15 is 0 Å². The Balaban J connectivity index is 2.39. The van der Waals surface area contributed by atoms with Crippen molar-refractivity contribution < 1.29 is 4.79 Å². The fraction of sp³-hybridized carbons (Fsp3) is 0.167. The molecule has 0 aliphatic carbocycles. The van der Waals surface area contributed by atoms with Crippen molar-refractivity contribution >= 4 is 44.7 Å². The van der Waals surface area contributed by atoms with Gasteiger partial charge in [-0.2, -0.15) is 0 Å². The zero-order valence-electron chi connectivity index (χ0n) is 12.1. The van der Waals surface area contributed by atoms with Gasteiger partial charge in [-0.25, -0.2) is 0 Å². The number of aryl methyl sites for hydroxylation is 2. The molecule has 0 saturated carbocycles. The second-order valence-electron chi connectivity index (χ2n) is 5.15. The van der Waals surface area contributed by atoms with Crippen LogP contribution in [-0.2, 0) is 11.3 Å². The molecule has 2 nitrogen and oxygen atoms in total. The molecular formula is C18H16ClNO. The van der Waals surface area contributed by atoms with Crippen molar-refractivity contribution in [2.24, 2.45) is 0 Å². The minimum Gasteiger partial charge on any atom is -0.341 e. The van der Waals surface area contributed by atoms with Crippen molar-refractivity contribution in [3.8, 4) is 0 Å². The average molecular weight is 298 g/mol. The van der Waals surface area contributed by atoms with Crippen LogP contribution in [0.2, 0.25) is 0 Å². The zero-order valence-corrected chi connectivity index (χ0v) is 12.8. The van der Waals surface area contributed by atoms with E-state index in [4.69, 9.17) is 11.6 Å². The molecule has 106 valence electrons. The summed E-state index contributed by atoms with van der Waals surface area (Å²) in [5, 5.41) is 2.87. The fourth-order valence-corrected chi connectivity index (χ4v) is 3.03. The van der Waals surface area contributed by atoms with E-state index in [2.05, 4.69) is 48.7 Å². The molecular weight excluding hydrogens is 282 g/mol. The SMILES string of the molecule is CCn1c2ccc(C)cc2c2cc(C(Cl)=CC=O)ccc21. The first-order valence-electron chi connectivity index (χ1n) is 6.99. The lowest BCUT2D eigenvalue weighted by molar-refractivity contribution is -0.104. The van der Waals surface area contributed by atoms with Gasteiger partial charge in [0.2, 0.25) is 0 Å². The fourth-order valence-electron chi connectivity index (χ4n) is 2.86. The molecule has 0 bridgehead atoms. The molecule has 3 aromatic rings. The zero-order chi connectivity index (χ0) is 15.0. The number of allylic oxidation sites excluding steroid dienone is 1. The van der Waals surface area contributed by atoms with E-state index < -0.39 is 0 Å². The third-order valence-corrected chi connectivity index (χ3v) is 4.17. The molecule has 0 aliphatic rings. The molecule has 0 N–H and O–H groups in total. The van der Waals surface area contributed by atoms with Gasteiger partial charge in [-0.1, -0.05) is 29.3 Å². The van der Waals surface area contributed by atoms with Crippen molar-refractivity contribution in [1.29, 1.82) is 0 Å². The number of rotatable bonds is 3. The van der Waals surface area contributed by atoms with Crippen LogP contribution in [0.3, 0.4) is 0 Å². The number of aldehydes is 1. The van der Waals surface area contributed by atoms with Crippen LogP contribution in [0.15, 0.2) is 42.5 Å². The number of halogens is 1. The number of hydrogen-bond acceptors (Lipinski definition) is 1. The summed E-state index contributed by atoms with van der Waals surface area (Å²) in [5.41, 5.74) is 4.52. The molecule has 0 radical (unpaired) electrons.